The van der Waals surface area contributed by atoms with E-state index >= 15 is 0 Å². The lowest BCUT2D eigenvalue weighted by atomic mass is 10.2. The lowest BCUT2D eigenvalue weighted by Crippen LogP contribution is -2.24. The first-order valence-corrected chi connectivity index (χ1v) is 9.95. The number of thioether (sulfide) groups is 1. The van der Waals surface area contributed by atoms with Crippen molar-refractivity contribution in [3.05, 3.63) is 41.8 Å². The third kappa shape index (κ3) is 3.92. The summed E-state index contributed by atoms with van der Waals surface area (Å²) in [5.41, 5.74) is 0. The summed E-state index contributed by atoms with van der Waals surface area (Å²) >= 11 is 1.50. The summed E-state index contributed by atoms with van der Waals surface area (Å²) < 4.78 is 19.0. The SMILES string of the molecule is CCCCc1noc(CSc2nnc(C3COc4ccccc4O3)n2C)n1. The van der Waals surface area contributed by atoms with Crippen LogP contribution in [0.25, 0.3) is 0 Å². The Labute approximate surface area is 161 Å². The van der Waals surface area contributed by atoms with E-state index < -0.39 is 0 Å². The number of unbranched alkanes of at least 4 members (excludes halogenated alkanes) is 1. The predicted molar refractivity (Wildman–Crippen MR) is 98.8 cm³/mol. The minimum Gasteiger partial charge on any atom is -0.485 e. The van der Waals surface area contributed by atoms with Gasteiger partial charge in [0, 0.05) is 13.5 Å². The minimum absolute atomic E-state index is 0.296. The van der Waals surface area contributed by atoms with Gasteiger partial charge in [0.15, 0.2) is 34.4 Å². The Morgan fingerprint density at radius 3 is 2.93 bits per heavy atom. The Balaban J connectivity index is 1.40. The first kappa shape index (κ1) is 17.8. The van der Waals surface area contributed by atoms with Gasteiger partial charge in [-0.1, -0.05) is 42.4 Å². The van der Waals surface area contributed by atoms with Crippen molar-refractivity contribution in [2.24, 2.45) is 7.05 Å². The van der Waals surface area contributed by atoms with Crippen LogP contribution in [-0.2, 0) is 19.2 Å². The standard InChI is InChI=1S/C18H21N5O3S/c1-3-4-9-15-19-16(26-22-15)11-27-18-21-20-17(23(18)2)14-10-24-12-7-5-6-8-13(12)25-14/h5-8,14H,3-4,9-11H2,1-2H3. The van der Waals surface area contributed by atoms with E-state index in [-0.39, 0.29) is 6.10 Å². The van der Waals surface area contributed by atoms with Gasteiger partial charge in [-0.05, 0) is 18.6 Å². The van der Waals surface area contributed by atoms with Gasteiger partial charge in [-0.3, -0.25) is 0 Å². The van der Waals surface area contributed by atoms with Crippen LogP contribution < -0.4 is 9.47 Å². The van der Waals surface area contributed by atoms with Gasteiger partial charge < -0.3 is 18.6 Å². The molecule has 0 radical (unpaired) electrons. The molecule has 0 saturated carbocycles. The number of hydrogen-bond donors (Lipinski definition) is 0. The fraction of sp³-hybridized carbons (Fsp3) is 0.444. The van der Waals surface area contributed by atoms with Gasteiger partial charge in [-0.15, -0.1) is 10.2 Å². The van der Waals surface area contributed by atoms with Gasteiger partial charge in [-0.25, -0.2) is 0 Å². The number of fused-ring (bicyclic) bond motifs is 1. The van der Waals surface area contributed by atoms with Crippen molar-refractivity contribution < 1.29 is 14.0 Å². The summed E-state index contributed by atoms with van der Waals surface area (Å²) in [5.74, 6) is 4.10. The second-order valence-electron chi connectivity index (χ2n) is 6.26. The molecule has 2 aromatic heterocycles. The Bertz CT molecular complexity index is 910. The zero-order valence-corrected chi connectivity index (χ0v) is 16.1. The molecule has 0 amide bonds. The van der Waals surface area contributed by atoms with Crippen LogP contribution >= 0.6 is 11.8 Å². The summed E-state index contributed by atoms with van der Waals surface area (Å²) in [6.45, 7) is 2.54. The summed E-state index contributed by atoms with van der Waals surface area (Å²) in [6, 6.07) is 7.62. The van der Waals surface area contributed by atoms with E-state index in [4.69, 9.17) is 14.0 Å². The number of ether oxygens (including phenoxy) is 2. The molecule has 0 bridgehead atoms. The summed E-state index contributed by atoms with van der Waals surface area (Å²) in [5, 5.41) is 13.3. The zero-order valence-electron chi connectivity index (χ0n) is 15.3. The quantitative estimate of drug-likeness (QED) is 0.570. The van der Waals surface area contributed by atoms with Gasteiger partial charge in [0.25, 0.3) is 0 Å². The topological polar surface area (TPSA) is 88.1 Å². The van der Waals surface area contributed by atoms with Crippen molar-refractivity contribution >= 4 is 11.8 Å². The lowest BCUT2D eigenvalue weighted by molar-refractivity contribution is 0.0825. The highest BCUT2D eigenvalue weighted by Gasteiger charge is 2.27. The predicted octanol–water partition coefficient (Wildman–Crippen LogP) is 3.35. The molecular formula is C18H21N5O3S. The van der Waals surface area contributed by atoms with Crippen LogP contribution in [0.1, 0.15) is 43.4 Å². The number of nitrogens with zero attached hydrogens (tertiary/aromatic N) is 5. The second kappa shape index (κ2) is 7.99. The van der Waals surface area contributed by atoms with E-state index in [1.54, 1.807) is 0 Å². The van der Waals surface area contributed by atoms with E-state index in [1.165, 1.54) is 11.8 Å². The molecule has 8 nitrogen and oxygen atoms in total. The van der Waals surface area contributed by atoms with Gasteiger partial charge in [0.1, 0.15) is 6.61 Å². The van der Waals surface area contributed by atoms with Gasteiger partial charge in [0.05, 0.1) is 5.75 Å². The maximum atomic E-state index is 6.02. The highest BCUT2D eigenvalue weighted by molar-refractivity contribution is 7.98. The highest BCUT2D eigenvalue weighted by Crippen LogP contribution is 2.35. The molecule has 0 aliphatic carbocycles. The lowest BCUT2D eigenvalue weighted by Gasteiger charge is -2.25. The van der Waals surface area contributed by atoms with Crippen LogP contribution in [0.3, 0.4) is 0 Å². The fourth-order valence-corrected chi connectivity index (χ4v) is 3.55. The monoisotopic (exact) mass is 387 g/mol. The van der Waals surface area contributed by atoms with Crippen LogP contribution in [0, 0.1) is 0 Å². The molecule has 0 saturated heterocycles. The molecule has 1 atom stereocenters. The van der Waals surface area contributed by atoms with E-state index in [9.17, 15) is 0 Å². The molecule has 3 heterocycles. The number of hydrogen-bond acceptors (Lipinski definition) is 8. The van der Waals surface area contributed by atoms with Crippen molar-refractivity contribution in [3.8, 4) is 11.5 Å². The van der Waals surface area contributed by atoms with Crippen LogP contribution in [0.15, 0.2) is 33.9 Å². The normalized spacial score (nSPS) is 15.9. The molecular weight excluding hydrogens is 366 g/mol. The molecule has 4 rings (SSSR count). The van der Waals surface area contributed by atoms with Gasteiger partial charge in [-0.2, -0.15) is 4.98 Å². The molecule has 9 heteroatoms. The molecule has 1 unspecified atom stereocenters. The summed E-state index contributed by atoms with van der Waals surface area (Å²) in [4.78, 5) is 4.41. The molecule has 3 aromatic rings. The molecule has 142 valence electrons. The Morgan fingerprint density at radius 1 is 1.22 bits per heavy atom. The summed E-state index contributed by atoms with van der Waals surface area (Å²) in [6.07, 6.45) is 2.72. The molecule has 27 heavy (non-hydrogen) atoms. The molecule has 1 aliphatic heterocycles. The molecule has 0 spiro atoms. The average Bonchev–Trinajstić information content (AvgIpc) is 3.30. The first-order chi connectivity index (χ1) is 13.2. The average molecular weight is 387 g/mol. The molecule has 0 fully saturated rings. The Morgan fingerprint density at radius 2 is 2.07 bits per heavy atom. The third-order valence-electron chi connectivity index (χ3n) is 4.25. The molecule has 1 aliphatic rings. The van der Waals surface area contributed by atoms with Crippen LogP contribution in [0.5, 0.6) is 11.5 Å². The van der Waals surface area contributed by atoms with E-state index in [0.29, 0.717) is 18.3 Å². The van der Waals surface area contributed by atoms with Gasteiger partial charge in [0.2, 0.25) is 5.89 Å². The smallest absolute Gasteiger partial charge is 0.237 e. The molecule has 0 N–H and O–H groups in total. The van der Waals surface area contributed by atoms with Crippen molar-refractivity contribution in [2.45, 2.75) is 43.2 Å². The number of aryl methyl sites for hydroxylation is 1. The van der Waals surface area contributed by atoms with Crippen molar-refractivity contribution in [1.29, 1.82) is 0 Å². The van der Waals surface area contributed by atoms with Crippen molar-refractivity contribution in [3.63, 3.8) is 0 Å². The maximum Gasteiger partial charge on any atom is 0.237 e. The number of aromatic nitrogens is 5. The first-order valence-electron chi connectivity index (χ1n) is 8.96. The third-order valence-corrected chi connectivity index (χ3v) is 5.26. The van der Waals surface area contributed by atoms with Crippen molar-refractivity contribution in [2.75, 3.05) is 6.61 Å². The van der Waals surface area contributed by atoms with Crippen molar-refractivity contribution in [1.82, 2.24) is 24.9 Å². The second-order valence-corrected chi connectivity index (χ2v) is 7.20. The number of para-hydroxylation sites is 2. The minimum atomic E-state index is -0.296. The molecule has 1 aromatic carbocycles. The van der Waals surface area contributed by atoms with Gasteiger partial charge >= 0.3 is 0 Å². The van der Waals surface area contributed by atoms with E-state index in [2.05, 4.69) is 27.3 Å². The van der Waals surface area contributed by atoms with Crippen LogP contribution in [0.4, 0.5) is 0 Å². The van der Waals surface area contributed by atoms with E-state index in [0.717, 1.165) is 47.6 Å². The number of benzene rings is 1. The zero-order chi connectivity index (χ0) is 18.6. The maximum absolute atomic E-state index is 6.02. The van der Waals surface area contributed by atoms with E-state index in [1.807, 2.05) is 35.9 Å². The Hall–Kier alpha value is -2.55. The highest BCUT2D eigenvalue weighted by atomic mass is 32.2. The number of rotatable bonds is 7. The van der Waals surface area contributed by atoms with Crippen LogP contribution in [-0.4, -0.2) is 31.5 Å². The summed E-state index contributed by atoms with van der Waals surface area (Å²) in [7, 11) is 1.92. The van der Waals surface area contributed by atoms with Crippen LogP contribution in [0.2, 0.25) is 0 Å². The largest absolute Gasteiger partial charge is 0.485 e. The Kier molecular flexibility index (Phi) is 5.28. The fourth-order valence-electron chi connectivity index (χ4n) is 2.79.